The van der Waals surface area contributed by atoms with E-state index in [1.54, 1.807) is 0 Å². The van der Waals surface area contributed by atoms with Crippen LogP contribution >= 0.6 is 15.9 Å². The summed E-state index contributed by atoms with van der Waals surface area (Å²) < 4.78 is 1.03. The fraction of sp³-hybridized carbons (Fsp3) is 0.294. The monoisotopic (exact) mass is 318 g/mol. The SMILES string of the molecule is Cc1cc(C)c(CC(O)c2ccc(Br)cc2)c(C)c1. The second-order valence-corrected chi connectivity index (χ2v) is 6.06. The van der Waals surface area contributed by atoms with Gasteiger partial charge in [-0.1, -0.05) is 45.8 Å². The largest absolute Gasteiger partial charge is 0.388 e. The standard InChI is InChI=1S/C17H19BrO/c1-11-8-12(2)16(13(3)9-11)10-17(19)14-4-6-15(18)7-5-14/h4-9,17,19H,10H2,1-3H3. The number of hydrogen-bond acceptors (Lipinski definition) is 1. The zero-order chi connectivity index (χ0) is 14.0. The molecule has 0 fully saturated rings. The lowest BCUT2D eigenvalue weighted by Crippen LogP contribution is -2.05. The minimum atomic E-state index is -0.451. The van der Waals surface area contributed by atoms with E-state index in [0.29, 0.717) is 6.42 Å². The van der Waals surface area contributed by atoms with Gasteiger partial charge in [0.05, 0.1) is 6.10 Å². The van der Waals surface area contributed by atoms with Gasteiger partial charge in [0.15, 0.2) is 0 Å². The predicted molar refractivity (Wildman–Crippen MR) is 83.5 cm³/mol. The van der Waals surface area contributed by atoms with Crippen molar-refractivity contribution in [3.8, 4) is 0 Å². The summed E-state index contributed by atoms with van der Waals surface area (Å²) in [5, 5.41) is 10.4. The molecule has 1 N–H and O–H groups in total. The molecule has 0 aliphatic carbocycles. The van der Waals surface area contributed by atoms with Crippen molar-refractivity contribution in [1.82, 2.24) is 0 Å². The number of hydrogen-bond donors (Lipinski definition) is 1. The number of aryl methyl sites for hydroxylation is 3. The molecule has 0 heterocycles. The van der Waals surface area contributed by atoms with Gasteiger partial charge in [-0.05, 0) is 55.2 Å². The highest BCUT2D eigenvalue weighted by Crippen LogP contribution is 2.25. The van der Waals surface area contributed by atoms with Crippen LogP contribution in [0.2, 0.25) is 0 Å². The summed E-state index contributed by atoms with van der Waals surface area (Å²) >= 11 is 3.41. The van der Waals surface area contributed by atoms with Crippen molar-refractivity contribution in [3.05, 3.63) is 68.7 Å². The summed E-state index contributed by atoms with van der Waals surface area (Å²) in [7, 11) is 0. The minimum absolute atomic E-state index is 0.451. The van der Waals surface area contributed by atoms with Crippen LogP contribution in [0.4, 0.5) is 0 Å². The maximum Gasteiger partial charge on any atom is 0.0830 e. The molecular formula is C17H19BrO. The van der Waals surface area contributed by atoms with Crippen molar-refractivity contribution in [2.75, 3.05) is 0 Å². The molecule has 0 aliphatic heterocycles. The Kier molecular flexibility index (Phi) is 4.43. The molecule has 2 heteroatoms. The summed E-state index contributed by atoms with van der Waals surface area (Å²) in [5.74, 6) is 0. The van der Waals surface area contributed by atoms with E-state index in [-0.39, 0.29) is 0 Å². The third-order valence-electron chi connectivity index (χ3n) is 3.49. The van der Waals surface area contributed by atoms with Crippen LogP contribution in [0.3, 0.4) is 0 Å². The Bertz CT molecular complexity index is 549. The molecule has 0 saturated carbocycles. The second-order valence-electron chi connectivity index (χ2n) is 5.15. The second kappa shape index (κ2) is 5.89. The third kappa shape index (κ3) is 3.46. The molecule has 0 amide bonds. The fourth-order valence-corrected chi connectivity index (χ4v) is 2.79. The molecule has 1 unspecified atom stereocenters. The maximum atomic E-state index is 10.4. The first kappa shape index (κ1) is 14.3. The summed E-state index contributed by atoms with van der Waals surface area (Å²) in [5.41, 5.74) is 6.00. The average molecular weight is 319 g/mol. The van der Waals surface area contributed by atoms with Crippen molar-refractivity contribution < 1.29 is 5.11 Å². The summed E-state index contributed by atoms with van der Waals surface area (Å²) in [6.07, 6.45) is 0.216. The summed E-state index contributed by atoms with van der Waals surface area (Å²) in [4.78, 5) is 0. The van der Waals surface area contributed by atoms with Gasteiger partial charge in [-0.25, -0.2) is 0 Å². The first-order valence-corrected chi connectivity index (χ1v) is 7.27. The van der Waals surface area contributed by atoms with Crippen molar-refractivity contribution in [2.45, 2.75) is 33.3 Å². The highest BCUT2D eigenvalue weighted by atomic mass is 79.9. The van der Waals surface area contributed by atoms with Crippen LogP contribution in [0.1, 0.15) is 33.9 Å². The van der Waals surface area contributed by atoms with Gasteiger partial charge in [0.25, 0.3) is 0 Å². The van der Waals surface area contributed by atoms with Crippen LogP contribution in [0.15, 0.2) is 40.9 Å². The lowest BCUT2D eigenvalue weighted by atomic mass is 9.93. The van der Waals surface area contributed by atoms with Crippen molar-refractivity contribution >= 4 is 15.9 Å². The summed E-state index contributed by atoms with van der Waals surface area (Å²) in [6.45, 7) is 6.34. The van der Waals surface area contributed by atoms with Crippen LogP contribution in [0.25, 0.3) is 0 Å². The molecule has 0 aromatic heterocycles. The number of benzene rings is 2. The summed E-state index contributed by atoms with van der Waals surface area (Å²) in [6, 6.07) is 12.2. The molecule has 19 heavy (non-hydrogen) atoms. The molecule has 2 aromatic rings. The molecule has 0 bridgehead atoms. The highest BCUT2D eigenvalue weighted by Gasteiger charge is 2.12. The molecule has 1 nitrogen and oxygen atoms in total. The van der Waals surface area contributed by atoms with Gasteiger partial charge in [0, 0.05) is 10.9 Å². The van der Waals surface area contributed by atoms with Crippen LogP contribution in [-0.2, 0) is 6.42 Å². The minimum Gasteiger partial charge on any atom is -0.388 e. The lowest BCUT2D eigenvalue weighted by Gasteiger charge is -2.16. The topological polar surface area (TPSA) is 20.2 Å². The Balaban J connectivity index is 2.24. The van der Waals surface area contributed by atoms with E-state index in [1.165, 1.54) is 22.3 Å². The number of aliphatic hydroxyl groups excluding tert-OH is 1. The molecule has 0 spiro atoms. The van der Waals surface area contributed by atoms with E-state index >= 15 is 0 Å². The van der Waals surface area contributed by atoms with Crippen LogP contribution in [-0.4, -0.2) is 5.11 Å². The molecule has 2 aromatic carbocycles. The third-order valence-corrected chi connectivity index (χ3v) is 4.02. The molecule has 2 rings (SSSR count). The Morgan fingerprint density at radius 1 is 1.00 bits per heavy atom. The highest BCUT2D eigenvalue weighted by molar-refractivity contribution is 9.10. The molecule has 100 valence electrons. The van der Waals surface area contributed by atoms with Gasteiger partial charge in [-0.15, -0.1) is 0 Å². The first-order chi connectivity index (χ1) is 8.97. The van der Waals surface area contributed by atoms with Gasteiger partial charge in [0.1, 0.15) is 0 Å². The zero-order valence-corrected chi connectivity index (χ0v) is 13.2. The van der Waals surface area contributed by atoms with E-state index in [0.717, 1.165) is 10.0 Å². The Labute approximate surface area is 123 Å². The zero-order valence-electron chi connectivity index (χ0n) is 11.6. The van der Waals surface area contributed by atoms with E-state index in [4.69, 9.17) is 0 Å². The van der Waals surface area contributed by atoms with Gasteiger partial charge in [-0.3, -0.25) is 0 Å². The van der Waals surface area contributed by atoms with Gasteiger partial charge < -0.3 is 5.11 Å². The Hall–Kier alpha value is -1.12. The maximum absolute atomic E-state index is 10.4. The smallest absolute Gasteiger partial charge is 0.0830 e. The quantitative estimate of drug-likeness (QED) is 0.873. The van der Waals surface area contributed by atoms with Crippen molar-refractivity contribution in [1.29, 1.82) is 0 Å². The van der Waals surface area contributed by atoms with Crippen LogP contribution in [0.5, 0.6) is 0 Å². The Morgan fingerprint density at radius 3 is 2.05 bits per heavy atom. The van der Waals surface area contributed by atoms with Crippen LogP contribution < -0.4 is 0 Å². The lowest BCUT2D eigenvalue weighted by molar-refractivity contribution is 0.178. The van der Waals surface area contributed by atoms with Crippen molar-refractivity contribution in [2.24, 2.45) is 0 Å². The normalized spacial score (nSPS) is 12.5. The van der Waals surface area contributed by atoms with E-state index in [1.807, 2.05) is 24.3 Å². The fourth-order valence-electron chi connectivity index (χ4n) is 2.53. The van der Waals surface area contributed by atoms with Gasteiger partial charge in [-0.2, -0.15) is 0 Å². The predicted octanol–water partition coefficient (Wildman–Crippen LogP) is 4.65. The average Bonchev–Trinajstić information content (AvgIpc) is 2.34. The molecule has 1 atom stereocenters. The molecule has 0 aliphatic rings. The van der Waals surface area contributed by atoms with Gasteiger partial charge in [0.2, 0.25) is 0 Å². The van der Waals surface area contributed by atoms with E-state index in [2.05, 4.69) is 48.8 Å². The van der Waals surface area contributed by atoms with Gasteiger partial charge >= 0.3 is 0 Å². The molecule has 0 saturated heterocycles. The molecule has 0 radical (unpaired) electrons. The Morgan fingerprint density at radius 2 is 1.53 bits per heavy atom. The van der Waals surface area contributed by atoms with Crippen molar-refractivity contribution in [3.63, 3.8) is 0 Å². The number of rotatable bonds is 3. The number of halogens is 1. The molecular weight excluding hydrogens is 300 g/mol. The van der Waals surface area contributed by atoms with Crippen LogP contribution in [0, 0.1) is 20.8 Å². The number of aliphatic hydroxyl groups is 1. The van der Waals surface area contributed by atoms with E-state index < -0.39 is 6.10 Å². The van der Waals surface area contributed by atoms with E-state index in [9.17, 15) is 5.11 Å². The first-order valence-electron chi connectivity index (χ1n) is 6.47.